The van der Waals surface area contributed by atoms with E-state index in [1.165, 1.54) is 28.9 Å². The molecular weight excluding hydrogens is 397 g/mol. The van der Waals surface area contributed by atoms with E-state index in [9.17, 15) is 14.0 Å². The van der Waals surface area contributed by atoms with E-state index in [1.807, 2.05) is 31.2 Å². The zero-order valence-electron chi connectivity index (χ0n) is 16.7. The van der Waals surface area contributed by atoms with Gasteiger partial charge in [0.1, 0.15) is 5.82 Å². The van der Waals surface area contributed by atoms with Crippen molar-refractivity contribution in [3.8, 4) is 17.1 Å². The monoisotopic (exact) mass is 415 g/mol. The number of carbonyl (C=O) groups excluding carboxylic acids is 2. The Bertz CT molecular complexity index is 1150. The Morgan fingerprint density at radius 2 is 1.61 bits per heavy atom. The molecule has 0 saturated heterocycles. The second kappa shape index (κ2) is 8.71. The highest BCUT2D eigenvalue weighted by Crippen LogP contribution is 2.22. The van der Waals surface area contributed by atoms with Gasteiger partial charge in [-0.3, -0.25) is 4.79 Å². The van der Waals surface area contributed by atoms with E-state index >= 15 is 0 Å². The highest BCUT2D eigenvalue weighted by Gasteiger charge is 2.21. The van der Waals surface area contributed by atoms with Crippen LogP contribution in [0.2, 0.25) is 0 Å². The van der Waals surface area contributed by atoms with Gasteiger partial charge in [-0.25, -0.2) is 18.9 Å². The van der Waals surface area contributed by atoms with Gasteiger partial charge in [0.2, 0.25) is 0 Å². The maximum Gasteiger partial charge on any atom is 0.378 e. The minimum atomic E-state index is -0.821. The first-order valence-corrected chi connectivity index (χ1v) is 9.57. The second-order valence-electron chi connectivity index (χ2n) is 6.88. The van der Waals surface area contributed by atoms with E-state index in [0.29, 0.717) is 17.1 Å². The van der Waals surface area contributed by atoms with Crippen molar-refractivity contribution in [3.05, 3.63) is 102 Å². The molecule has 4 aromatic rings. The lowest BCUT2D eigenvalue weighted by atomic mass is 10.1. The summed E-state index contributed by atoms with van der Waals surface area (Å²) in [6.07, 6.45) is 0. The van der Waals surface area contributed by atoms with Crippen LogP contribution in [0.1, 0.15) is 26.5 Å². The van der Waals surface area contributed by atoms with Crippen LogP contribution in [0, 0.1) is 12.7 Å². The average molecular weight is 415 g/mol. The Kier molecular flexibility index (Phi) is 5.66. The summed E-state index contributed by atoms with van der Waals surface area (Å²) < 4.78 is 19.9. The van der Waals surface area contributed by atoms with Crippen LogP contribution in [0.5, 0.6) is 0 Å². The van der Waals surface area contributed by atoms with Crippen molar-refractivity contribution in [2.45, 2.75) is 6.92 Å². The number of halogens is 1. The van der Waals surface area contributed by atoms with Crippen LogP contribution in [0.25, 0.3) is 17.1 Å². The summed E-state index contributed by atoms with van der Waals surface area (Å²) in [6.45, 7) is 1.54. The van der Waals surface area contributed by atoms with Gasteiger partial charge < -0.3 is 4.74 Å². The molecule has 0 radical (unpaired) electrons. The fourth-order valence-electron chi connectivity index (χ4n) is 2.95. The molecule has 0 bridgehead atoms. The SMILES string of the molecule is Cc1ccc(-c2nc(C(=O)OCC(=O)c3ccccc3)nn2-c2ccc(F)cc2)cc1. The van der Waals surface area contributed by atoms with Crippen LogP contribution >= 0.6 is 0 Å². The molecule has 7 heteroatoms. The molecule has 0 saturated carbocycles. The van der Waals surface area contributed by atoms with Gasteiger partial charge in [-0.05, 0) is 31.2 Å². The minimum absolute atomic E-state index is 0.194. The molecule has 31 heavy (non-hydrogen) atoms. The number of benzene rings is 3. The van der Waals surface area contributed by atoms with Gasteiger partial charge in [-0.15, -0.1) is 5.10 Å². The molecule has 0 unspecified atom stereocenters. The Labute approximate surface area is 177 Å². The molecule has 3 aromatic carbocycles. The van der Waals surface area contributed by atoms with Crippen molar-refractivity contribution in [3.63, 3.8) is 0 Å². The highest BCUT2D eigenvalue weighted by molar-refractivity contribution is 5.98. The molecule has 0 aliphatic carbocycles. The first-order chi connectivity index (χ1) is 15.0. The quantitative estimate of drug-likeness (QED) is 0.344. The van der Waals surface area contributed by atoms with E-state index in [0.717, 1.165) is 11.1 Å². The smallest absolute Gasteiger partial charge is 0.378 e. The number of nitrogens with zero attached hydrogens (tertiary/aromatic N) is 3. The summed E-state index contributed by atoms with van der Waals surface area (Å²) in [5.74, 6) is -1.34. The molecule has 1 heterocycles. The van der Waals surface area contributed by atoms with Gasteiger partial charge in [0.15, 0.2) is 18.2 Å². The lowest BCUT2D eigenvalue weighted by Crippen LogP contribution is -2.15. The summed E-state index contributed by atoms with van der Waals surface area (Å²) >= 11 is 0. The number of rotatable bonds is 6. The zero-order chi connectivity index (χ0) is 21.8. The topological polar surface area (TPSA) is 74.1 Å². The van der Waals surface area contributed by atoms with Gasteiger partial charge in [0.25, 0.3) is 5.82 Å². The molecule has 0 fully saturated rings. The standard InChI is InChI=1S/C24H18FN3O3/c1-16-7-9-18(10-8-16)23-26-22(27-28(23)20-13-11-19(25)12-14-20)24(30)31-15-21(29)17-5-3-2-4-6-17/h2-14H,15H2,1H3. The molecule has 6 nitrogen and oxygen atoms in total. The van der Waals surface area contributed by atoms with Crippen molar-refractivity contribution in [2.24, 2.45) is 0 Å². The molecular formula is C24H18FN3O3. The van der Waals surface area contributed by atoms with Crippen molar-refractivity contribution in [1.29, 1.82) is 0 Å². The maximum absolute atomic E-state index is 13.4. The van der Waals surface area contributed by atoms with Crippen LogP contribution in [0.3, 0.4) is 0 Å². The molecule has 1 aromatic heterocycles. The number of aryl methyl sites for hydroxylation is 1. The van der Waals surface area contributed by atoms with Crippen molar-refractivity contribution < 1.29 is 18.7 Å². The summed E-state index contributed by atoms with van der Waals surface area (Å²) in [4.78, 5) is 29.1. The van der Waals surface area contributed by atoms with Crippen molar-refractivity contribution in [2.75, 3.05) is 6.61 Å². The van der Waals surface area contributed by atoms with Gasteiger partial charge >= 0.3 is 5.97 Å². The van der Waals surface area contributed by atoms with Crippen LogP contribution in [-0.2, 0) is 4.74 Å². The number of carbonyl (C=O) groups is 2. The van der Waals surface area contributed by atoms with E-state index in [-0.39, 0.29) is 17.4 Å². The predicted molar refractivity (Wildman–Crippen MR) is 113 cm³/mol. The number of hydrogen-bond acceptors (Lipinski definition) is 5. The van der Waals surface area contributed by atoms with E-state index < -0.39 is 12.6 Å². The predicted octanol–water partition coefficient (Wildman–Crippen LogP) is 4.42. The van der Waals surface area contributed by atoms with Gasteiger partial charge in [-0.2, -0.15) is 0 Å². The Morgan fingerprint density at radius 1 is 0.935 bits per heavy atom. The second-order valence-corrected chi connectivity index (χ2v) is 6.88. The maximum atomic E-state index is 13.4. The summed E-state index contributed by atoms with van der Waals surface area (Å²) in [5.41, 5.74) is 2.77. The zero-order valence-corrected chi connectivity index (χ0v) is 16.7. The molecule has 154 valence electrons. The Hall–Kier alpha value is -4.13. The number of ether oxygens (including phenoxy) is 1. The van der Waals surface area contributed by atoms with Gasteiger partial charge in [0.05, 0.1) is 5.69 Å². The first-order valence-electron chi connectivity index (χ1n) is 9.57. The van der Waals surface area contributed by atoms with Crippen LogP contribution < -0.4 is 0 Å². The van der Waals surface area contributed by atoms with Crippen molar-refractivity contribution in [1.82, 2.24) is 14.8 Å². The Balaban J connectivity index is 1.62. The number of aromatic nitrogens is 3. The first kappa shape index (κ1) is 20.2. The molecule has 0 atom stereocenters. The number of ketones is 1. The summed E-state index contributed by atoms with van der Waals surface area (Å²) in [7, 11) is 0. The molecule has 0 aliphatic rings. The fraction of sp³-hybridized carbons (Fsp3) is 0.0833. The van der Waals surface area contributed by atoms with E-state index in [1.54, 1.807) is 30.3 Å². The molecule has 0 aliphatic heterocycles. The Morgan fingerprint density at radius 3 is 2.29 bits per heavy atom. The number of esters is 1. The minimum Gasteiger partial charge on any atom is -0.451 e. The van der Waals surface area contributed by atoms with Crippen molar-refractivity contribution >= 4 is 11.8 Å². The third-order valence-corrected chi connectivity index (χ3v) is 4.60. The molecule has 4 rings (SSSR count). The number of Topliss-reactive ketones (excluding diaryl/α,β-unsaturated/α-hetero) is 1. The molecule has 0 spiro atoms. The fourth-order valence-corrected chi connectivity index (χ4v) is 2.95. The third kappa shape index (κ3) is 4.56. The normalized spacial score (nSPS) is 10.6. The third-order valence-electron chi connectivity index (χ3n) is 4.60. The highest BCUT2D eigenvalue weighted by atomic mass is 19.1. The van der Waals surface area contributed by atoms with Crippen LogP contribution in [0.15, 0.2) is 78.9 Å². The molecule has 0 N–H and O–H groups in total. The van der Waals surface area contributed by atoms with E-state index in [2.05, 4.69) is 10.1 Å². The van der Waals surface area contributed by atoms with E-state index in [4.69, 9.17) is 4.74 Å². The lowest BCUT2D eigenvalue weighted by molar-refractivity contribution is 0.0462. The largest absolute Gasteiger partial charge is 0.451 e. The van der Waals surface area contributed by atoms with Gasteiger partial charge in [0, 0.05) is 11.1 Å². The summed E-state index contributed by atoms with van der Waals surface area (Å²) in [6, 6.07) is 21.8. The summed E-state index contributed by atoms with van der Waals surface area (Å²) in [5, 5.41) is 4.26. The number of hydrogen-bond donors (Lipinski definition) is 0. The average Bonchev–Trinajstić information content (AvgIpc) is 3.24. The van der Waals surface area contributed by atoms with Crippen LogP contribution in [0.4, 0.5) is 4.39 Å². The molecule has 0 amide bonds. The van der Waals surface area contributed by atoms with Crippen LogP contribution in [-0.4, -0.2) is 33.1 Å². The lowest BCUT2D eigenvalue weighted by Gasteiger charge is -2.06. The van der Waals surface area contributed by atoms with Gasteiger partial charge in [-0.1, -0.05) is 60.2 Å².